The van der Waals surface area contributed by atoms with Crippen LogP contribution >= 0.6 is 11.8 Å². The van der Waals surface area contributed by atoms with Gasteiger partial charge in [-0.25, -0.2) is 9.97 Å². The minimum Gasteiger partial charge on any atom is -0.497 e. The smallest absolute Gasteiger partial charge is 0.206 e. The van der Waals surface area contributed by atoms with Crippen molar-refractivity contribution >= 4 is 29.0 Å². The van der Waals surface area contributed by atoms with Crippen LogP contribution in [0, 0.1) is 0 Å². The fourth-order valence-electron chi connectivity index (χ4n) is 2.98. The van der Waals surface area contributed by atoms with Crippen LogP contribution in [0.15, 0.2) is 40.4 Å². The first-order valence-corrected chi connectivity index (χ1v) is 9.43. The summed E-state index contributed by atoms with van der Waals surface area (Å²) in [5.41, 5.74) is 7.47. The second-order valence-corrected chi connectivity index (χ2v) is 7.96. The second kappa shape index (κ2) is 6.77. The van der Waals surface area contributed by atoms with Crippen LogP contribution < -0.4 is 15.4 Å². The summed E-state index contributed by atoms with van der Waals surface area (Å²) in [4.78, 5) is 20.3. The van der Waals surface area contributed by atoms with Crippen molar-refractivity contribution in [2.75, 3.05) is 25.1 Å². The number of hydrogen-bond donors (Lipinski definition) is 2. The maximum Gasteiger partial charge on any atom is 0.206 e. The molecule has 26 heavy (non-hydrogen) atoms. The Kier molecular flexibility index (Phi) is 4.46. The molecule has 0 bridgehead atoms. The normalized spacial score (nSPS) is 16.8. The van der Waals surface area contributed by atoms with E-state index in [0.29, 0.717) is 11.3 Å². The fraction of sp³-hybridized carbons (Fsp3) is 0.389. The van der Waals surface area contributed by atoms with Gasteiger partial charge in [0.25, 0.3) is 0 Å². The molecule has 0 atom stereocenters. The van der Waals surface area contributed by atoms with Crippen LogP contribution in [-0.2, 0) is 0 Å². The second-order valence-electron chi connectivity index (χ2n) is 6.86. The summed E-state index contributed by atoms with van der Waals surface area (Å²) in [7, 11) is 1.66. The molecule has 3 N–H and O–H groups in total. The molecule has 0 saturated carbocycles. The van der Waals surface area contributed by atoms with E-state index in [1.807, 2.05) is 24.3 Å². The lowest BCUT2D eigenvalue weighted by Crippen LogP contribution is -2.48. The third-order valence-electron chi connectivity index (χ3n) is 4.64. The first-order valence-electron chi connectivity index (χ1n) is 8.61. The number of H-pyrrole nitrogens is 1. The SMILES string of the molecule is COc1cccc(Sc2cnc3[nH]c(N4CCC(C)(N)CC4)nc3n2)c1. The Balaban J connectivity index is 1.54. The zero-order chi connectivity index (χ0) is 18.1. The molecule has 1 fully saturated rings. The zero-order valence-electron chi connectivity index (χ0n) is 14.9. The molecule has 3 aromatic rings. The maximum absolute atomic E-state index is 6.21. The van der Waals surface area contributed by atoms with Crippen molar-refractivity contribution in [3.05, 3.63) is 30.5 Å². The Hall–Kier alpha value is -2.32. The van der Waals surface area contributed by atoms with Crippen molar-refractivity contribution in [1.82, 2.24) is 19.9 Å². The standard InChI is InChI=1S/C18H22N6OS/c1-18(19)6-8-24(9-7-18)17-22-15-16(23-17)21-14(11-20-15)26-13-5-3-4-12(10-13)25-2/h3-5,10-11H,6-9,19H2,1-2H3,(H,20,21,22,23). The third kappa shape index (κ3) is 3.61. The van der Waals surface area contributed by atoms with Gasteiger partial charge in [0.05, 0.1) is 13.3 Å². The van der Waals surface area contributed by atoms with Crippen molar-refractivity contribution in [2.45, 2.75) is 35.2 Å². The molecule has 0 radical (unpaired) electrons. The number of anilines is 1. The molecule has 3 heterocycles. The van der Waals surface area contributed by atoms with E-state index in [0.717, 1.165) is 47.6 Å². The van der Waals surface area contributed by atoms with Gasteiger partial charge >= 0.3 is 0 Å². The zero-order valence-corrected chi connectivity index (χ0v) is 15.7. The first-order chi connectivity index (χ1) is 12.5. The predicted molar refractivity (Wildman–Crippen MR) is 103 cm³/mol. The van der Waals surface area contributed by atoms with E-state index >= 15 is 0 Å². The highest BCUT2D eigenvalue weighted by atomic mass is 32.2. The largest absolute Gasteiger partial charge is 0.497 e. The molecular weight excluding hydrogens is 348 g/mol. The minimum atomic E-state index is -0.0838. The molecule has 1 aliphatic heterocycles. The topological polar surface area (TPSA) is 93.0 Å². The molecule has 0 amide bonds. The number of benzene rings is 1. The maximum atomic E-state index is 6.21. The van der Waals surface area contributed by atoms with Crippen molar-refractivity contribution in [1.29, 1.82) is 0 Å². The van der Waals surface area contributed by atoms with Gasteiger partial charge in [0.2, 0.25) is 5.95 Å². The Morgan fingerprint density at radius 2 is 2.08 bits per heavy atom. The molecule has 1 aromatic carbocycles. The molecule has 0 unspecified atom stereocenters. The number of nitrogens with one attached hydrogen (secondary N) is 1. The van der Waals surface area contributed by atoms with Crippen molar-refractivity contribution in [3.8, 4) is 5.75 Å². The number of imidazole rings is 1. The van der Waals surface area contributed by atoms with Gasteiger partial charge in [-0.2, -0.15) is 4.98 Å². The van der Waals surface area contributed by atoms with Crippen LogP contribution in [-0.4, -0.2) is 45.7 Å². The number of aromatic amines is 1. The van der Waals surface area contributed by atoms with Crippen LogP contribution in [0.1, 0.15) is 19.8 Å². The number of hydrogen-bond acceptors (Lipinski definition) is 7. The summed E-state index contributed by atoms with van der Waals surface area (Å²) in [5.74, 6) is 1.64. The number of piperidine rings is 1. The molecule has 0 aliphatic carbocycles. The lowest BCUT2D eigenvalue weighted by atomic mass is 9.91. The number of nitrogens with two attached hydrogens (primary N) is 1. The third-order valence-corrected chi connectivity index (χ3v) is 5.54. The van der Waals surface area contributed by atoms with E-state index < -0.39 is 0 Å². The highest BCUT2D eigenvalue weighted by Crippen LogP contribution is 2.29. The Morgan fingerprint density at radius 1 is 1.27 bits per heavy atom. The molecule has 0 spiro atoms. The van der Waals surface area contributed by atoms with Crippen LogP contribution in [0.3, 0.4) is 0 Å². The number of fused-ring (bicyclic) bond motifs is 1. The molecule has 7 nitrogen and oxygen atoms in total. The number of rotatable bonds is 4. The van der Waals surface area contributed by atoms with Crippen molar-refractivity contribution in [3.63, 3.8) is 0 Å². The van der Waals surface area contributed by atoms with Crippen LogP contribution in [0.2, 0.25) is 0 Å². The molecule has 8 heteroatoms. The summed E-state index contributed by atoms with van der Waals surface area (Å²) >= 11 is 1.54. The predicted octanol–water partition coefficient (Wildman–Crippen LogP) is 2.83. The quantitative estimate of drug-likeness (QED) is 0.729. The lowest BCUT2D eigenvalue weighted by Gasteiger charge is -2.36. The van der Waals surface area contributed by atoms with Gasteiger partial charge in [0.1, 0.15) is 10.8 Å². The number of methoxy groups -OCH3 is 1. The van der Waals surface area contributed by atoms with E-state index in [4.69, 9.17) is 10.5 Å². The number of nitrogens with zero attached hydrogens (tertiary/aromatic N) is 4. The average molecular weight is 370 g/mol. The average Bonchev–Trinajstić information content (AvgIpc) is 3.05. The lowest BCUT2D eigenvalue weighted by molar-refractivity contribution is 0.362. The highest BCUT2D eigenvalue weighted by molar-refractivity contribution is 7.99. The minimum absolute atomic E-state index is 0.0838. The molecule has 4 rings (SSSR count). The number of aromatic nitrogens is 4. The molecule has 136 valence electrons. The Bertz CT molecular complexity index is 915. The Labute approximate surface area is 156 Å². The van der Waals surface area contributed by atoms with Crippen molar-refractivity contribution in [2.24, 2.45) is 5.73 Å². The monoisotopic (exact) mass is 370 g/mol. The van der Waals surface area contributed by atoms with Gasteiger partial charge < -0.3 is 20.4 Å². The van der Waals surface area contributed by atoms with Gasteiger partial charge in [-0.3, -0.25) is 0 Å². The summed E-state index contributed by atoms with van der Waals surface area (Å²) < 4.78 is 5.27. The molecule has 2 aromatic heterocycles. The molecule has 1 saturated heterocycles. The van der Waals surface area contributed by atoms with Gasteiger partial charge in [0.15, 0.2) is 11.3 Å². The van der Waals surface area contributed by atoms with Gasteiger partial charge in [-0.05, 0) is 38.0 Å². The fourth-order valence-corrected chi connectivity index (χ4v) is 3.78. The van der Waals surface area contributed by atoms with E-state index in [9.17, 15) is 0 Å². The molecular formula is C18H22N6OS. The highest BCUT2D eigenvalue weighted by Gasteiger charge is 2.27. The van der Waals surface area contributed by atoms with Gasteiger partial charge in [0, 0.05) is 23.5 Å². The van der Waals surface area contributed by atoms with E-state index in [-0.39, 0.29) is 5.54 Å². The summed E-state index contributed by atoms with van der Waals surface area (Å²) in [5, 5.41) is 0.803. The van der Waals surface area contributed by atoms with Crippen LogP contribution in [0.4, 0.5) is 5.95 Å². The van der Waals surface area contributed by atoms with E-state index in [2.05, 4.69) is 31.8 Å². The summed E-state index contributed by atoms with van der Waals surface area (Å²) in [6, 6.07) is 7.88. The molecule has 1 aliphatic rings. The van der Waals surface area contributed by atoms with Gasteiger partial charge in [-0.1, -0.05) is 17.8 Å². The first kappa shape index (κ1) is 17.1. The summed E-state index contributed by atoms with van der Waals surface area (Å²) in [6.45, 7) is 3.88. The van der Waals surface area contributed by atoms with Crippen LogP contribution in [0.5, 0.6) is 5.75 Å². The van der Waals surface area contributed by atoms with Crippen molar-refractivity contribution < 1.29 is 4.74 Å². The summed E-state index contributed by atoms with van der Waals surface area (Å²) in [6.07, 6.45) is 3.66. The Morgan fingerprint density at radius 3 is 2.85 bits per heavy atom. The van der Waals surface area contributed by atoms with E-state index in [1.54, 1.807) is 13.3 Å². The van der Waals surface area contributed by atoms with E-state index in [1.165, 1.54) is 11.8 Å². The van der Waals surface area contributed by atoms with Gasteiger partial charge in [-0.15, -0.1) is 0 Å². The van der Waals surface area contributed by atoms with Crippen LogP contribution in [0.25, 0.3) is 11.3 Å². The number of ether oxygens (including phenoxy) is 1.